The number of nitrogens with zero attached hydrogens (tertiary/aromatic N) is 4. The molecule has 0 aliphatic carbocycles. The van der Waals surface area contributed by atoms with E-state index in [9.17, 15) is 4.79 Å². The molecule has 0 aromatic carbocycles. The third kappa shape index (κ3) is 3.98. The van der Waals surface area contributed by atoms with Crippen LogP contribution in [0.4, 0.5) is 0 Å². The molecule has 0 spiro atoms. The molecule has 0 unspecified atom stereocenters. The molecule has 0 fully saturated rings. The van der Waals surface area contributed by atoms with Gasteiger partial charge >= 0.3 is 0 Å². The second-order valence-electron chi connectivity index (χ2n) is 6.22. The van der Waals surface area contributed by atoms with Crippen molar-refractivity contribution in [2.24, 2.45) is 0 Å². The summed E-state index contributed by atoms with van der Waals surface area (Å²) in [4.78, 5) is 19.2. The quantitative estimate of drug-likeness (QED) is 0.753. The molecule has 0 aliphatic rings. The standard InChI is InChI=1S/C20H28N4O/c1-7-10-11-14(4)19-17(13-18(25)23(8-2)9-3)20-21-15(5)12-16(6)24(20)22-19/h7,10-12H,8-9,13H2,1-6H3/b10-7-,14-11+. The number of fused-ring (bicyclic) bond motifs is 1. The van der Waals surface area contributed by atoms with Crippen molar-refractivity contribution in [1.29, 1.82) is 0 Å². The summed E-state index contributed by atoms with van der Waals surface area (Å²) in [6, 6.07) is 2.00. The van der Waals surface area contributed by atoms with Gasteiger partial charge in [-0.15, -0.1) is 0 Å². The third-order valence-electron chi connectivity index (χ3n) is 4.35. The number of rotatable bonds is 6. The predicted molar refractivity (Wildman–Crippen MR) is 103 cm³/mol. The summed E-state index contributed by atoms with van der Waals surface area (Å²) < 4.78 is 1.85. The highest BCUT2D eigenvalue weighted by molar-refractivity contribution is 5.83. The number of hydrogen-bond acceptors (Lipinski definition) is 3. The van der Waals surface area contributed by atoms with Crippen LogP contribution < -0.4 is 0 Å². The summed E-state index contributed by atoms with van der Waals surface area (Å²) in [6.07, 6.45) is 6.31. The Morgan fingerprint density at radius 2 is 1.96 bits per heavy atom. The average molecular weight is 340 g/mol. The summed E-state index contributed by atoms with van der Waals surface area (Å²) in [7, 11) is 0. The topological polar surface area (TPSA) is 50.5 Å². The van der Waals surface area contributed by atoms with Gasteiger partial charge in [-0.05, 0) is 53.2 Å². The van der Waals surface area contributed by atoms with Crippen LogP contribution in [0.1, 0.15) is 50.3 Å². The maximum atomic E-state index is 12.7. The molecule has 0 saturated heterocycles. The zero-order chi connectivity index (χ0) is 18.6. The summed E-state index contributed by atoms with van der Waals surface area (Å²) in [5.74, 6) is 0.112. The first-order chi connectivity index (χ1) is 11.9. The molecule has 5 heteroatoms. The van der Waals surface area contributed by atoms with Crippen LogP contribution in [0.3, 0.4) is 0 Å². The van der Waals surface area contributed by atoms with E-state index in [1.807, 2.05) is 75.3 Å². The Kier molecular flexibility index (Phi) is 6.12. The molecule has 134 valence electrons. The SMILES string of the molecule is C/C=C\C=C(/C)c1nn2c(C)cc(C)nc2c1CC(=O)N(CC)CC. The van der Waals surface area contributed by atoms with E-state index in [1.54, 1.807) is 0 Å². The van der Waals surface area contributed by atoms with Gasteiger partial charge in [0, 0.05) is 30.0 Å². The van der Waals surface area contributed by atoms with E-state index in [0.717, 1.165) is 33.9 Å². The second-order valence-corrected chi connectivity index (χ2v) is 6.22. The van der Waals surface area contributed by atoms with Gasteiger partial charge in [-0.2, -0.15) is 5.10 Å². The van der Waals surface area contributed by atoms with E-state index in [4.69, 9.17) is 5.10 Å². The lowest BCUT2D eigenvalue weighted by atomic mass is 10.1. The monoisotopic (exact) mass is 340 g/mol. The number of amides is 1. The van der Waals surface area contributed by atoms with Crippen molar-refractivity contribution in [3.8, 4) is 0 Å². The van der Waals surface area contributed by atoms with Crippen molar-refractivity contribution in [3.63, 3.8) is 0 Å². The zero-order valence-electron chi connectivity index (χ0n) is 16.1. The molecule has 0 aliphatic heterocycles. The number of hydrogen-bond donors (Lipinski definition) is 0. The summed E-state index contributed by atoms with van der Waals surface area (Å²) in [6.45, 7) is 13.4. The Labute approximate surface area is 150 Å². The van der Waals surface area contributed by atoms with Crippen LogP contribution in [0.15, 0.2) is 24.3 Å². The van der Waals surface area contributed by atoms with Crippen molar-refractivity contribution in [2.75, 3.05) is 13.1 Å². The second kappa shape index (κ2) is 8.10. The van der Waals surface area contributed by atoms with Gasteiger partial charge in [0.1, 0.15) is 0 Å². The van der Waals surface area contributed by atoms with Gasteiger partial charge in [0.05, 0.1) is 12.1 Å². The van der Waals surface area contributed by atoms with Crippen LogP contribution >= 0.6 is 0 Å². The molecule has 2 rings (SSSR count). The van der Waals surface area contributed by atoms with Gasteiger partial charge in [-0.3, -0.25) is 4.79 Å². The molecule has 0 atom stereocenters. The molecule has 0 radical (unpaired) electrons. The molecule has 2 aromatic heterocycles. The van der Waals surface area contributed by atoms with E-state index in [0.29, 0.717) is 19.5 Å². The minimum Gasteiger partial charge on any atom is -0.343 e. The largest absolute Gasteiger partial charge is 0.343 e. The fourth-order valence-corrected chi connectivity index (χ4v) is 3.00. The molecule has 0 N–H and O–H groups in total. The highest BCUT2D eigenvalue weighted by atomic mass is 16.2. The molecular weight excluding hydrogens is 312 g/mol. The van der Waals surface area contributed by atoms with Crippen LogP contribution in [0.5, 0.6) is 0 Å². The van der Waals surface area contributed by atoms with Gasteiger partial charge in [0.2, 0.25) is 5.91 Å². The summed E-state index contributed by atoms with van der Waals surface area (Å²) in [5.41, 5.74) is 5.51. The number of aryl methyl sites for hydroxylation is 2. The predicted octanol–water partition coefficient (Wildman–Crippen LogP) is 3.74. The molecule has 2 aromatic rings. The van der Waals surface area contributed by atoms with Crippen molar-refractivity contribution >= 4 is 17.1 Å². The molecule has 5 nitrogen and oxygen atoms in total. The minimum atomic E-state index is 0.112. The van der Waals surface area contributed by atoms with Crippen LogP contribution in [0.25, 0.3) is 11.2 Å². The molecule has 1 amide bonds. The maximum absolute atomic E-state index is 12.7. The van der Waals surface area contributed by atoms with E-state index in [2.05, 4.69) is 4.98 Å². The Bertz CT molecular complexity index is 826. The lowest BCUT2D eigenvalue weighted by molar-refractivity contribution is -0.130. The van der Waals surface area contributed by atoms with Gasteiger partial charge in [0.15, 0.2) is 5.65 Å². The molecule has 0 saturated carbocycles. The molecule has 25 heavy (non-hydrogen) atoms. The Hall–Kier alpha value is -2.43. The van der Waals surface area contributed by atoms with Gasteiger partial charge in [-0.25, -0.2) is 9.50 Å². The maximum Gasteiger partial charge on any atom is 0.227 e. The van der Waals surface area contributed by atoms with Crippen molar-refractivity contribution in [2.45, 2.75) is 48.0 Å². The normalized spacial score (nSPS) is 12.3. The number of carbonyl (C=O) groups excluding carboxylic acids is 1. The number of allylic oxidation sites excluding steroid dienone is 4. The van der Waals surface area contributed by atoms with Crippen molar-refractivity contribution in [3.05, 3.63) is 46.9 Å². The lowest BCUT2D eigenvalue weighted by Crippen LogP contribution is -2.32. The van der Waals surface area contributed by atoms with E-state index >= 15 is 0 Å². The minimum absolute atomic E-state index is 0.112. The highest BCUT2D eigenvalue weighted by Gasteiger charge is 2.21. The highest BCUT2D eigenvalue weighted by Crippen LogP contribution is 2.24. The van der Waals surface area contributed by atoms with Crippen LogP contribution in [-0.4, -0.2) is 38.5 Å². The average Bonchev–Trinajstić information content (AvgIpc) is 2.92. The van der Waals surface area contributed by atoms with Gasteiger partial charge in [0.25, 0.3) is 0 Å². The van der Waals surface area contributed by atoms with E-state index < -0.39 is 0 Å². The van der Waals surface area contributed by atoms with Gasteiger partial charge in [-0.1, -0.05) is 18.2 Å². The van der Waals surface area contributed by atoms with Crippen molar-refractivity contribution < 1.29 is 4.79 Å². The van der Waals surface area contributed by atoms with Crippen LogP contribution in [-0.2, 0) is 11.2 Å². The van der Waals surface area contributed by atoms with Gasteiger partial charge < -0.3 is 4.90 Å². The number of aromatic nitrogens is 3. The Morgan fingerprint density at radius 1 is 1.28 bits per heavy atom. The molecule has 0 bridgehead atoms. The smallest absolute Gasteiger partial charge is 0.227 e. The number of carbonyl (C=O) groups is 1. The summed E-state index contributed by atoms with van der Waals surface area (Å²) in [5, 5.41) is 4.75. The zero-order valence-corrected chi connectivity index (χ0v) is 16.1. The number of likely N-dealkylation sites (N-methyl/N-ethyl adjacent to an activating group) is 1. The first kappa shape index (κ1) is 18.9. The first-order valence-electron chi connectivity index (χ1n) is 8.86. The fraction of sp³-hybridized carbons (Fsp3) is 0.450. The third-order valence-corrected chi connectivity index (χ3v) is 4.35. The Balaban J connectivity index is 2.63. The lowest BCUT2D eigenvalue weighted by Gasteiger charge is -2.18. The van der Waals surface area contributed by atoms with Crippen molar-refractivity contribution in [1.82, 2.24) is 19.5 Å². The summed E-state index contributed by atoms with van der Waals surface area (Å²) >= 11 is 0. The first-order valence-corrected chi connectivity index (χ1v) is 8.86. The van der Waals surface area contributed by atoms with Crippen LogP contribution in [0.2, 0.25) is 0 Å². The molecular formula is C20H28N4O. The van der Waals surface area contributed by atoms with E-state index in [1.165, 1.54) is 0 Å². The fourth-order valence-electron chi connectivity index (χ4n) is 3.00. The van der Waals surface area contributed by atoms with Crippen LogP contribution in [0, 0.1) is 13.8 Å². The van der Waals surface area contributed by atoms with E-state index in [-0.39, 0.29) is 5.91 Å². The Morgan fingerprint density at radius 3 is 2.56 bits per heavy atom. The molecule has 2 heterocycles.